The minimum atomic E-state index is -4.02. The van der Waals surface area contributed by atoms with E-state index in [0.29, 0.717) is 0 Å². The Hall–Kier alpha value is 0.611. The third kappa shape index (κ3) is 3.55. The van der Waals surface area contributed by atoms with Gasteiger partial charge in [-0.3, -0.25) is 4.55 Å². The monoisotopic (exact) mass is 262 g/mol. The molecule has 0 spiro atoms. The van der Waals surface area contributed by atoms with Crippen molar-refractivity contribution in [2.45, 2.75) is 11.8 Å². The molecule has 0 aromatic heterocycles. The van der Waals surface area contributed by atoms with E-state index < -0.39 is 10.1 Å². The molecule has 1 N–H and O–H groups in total. The number of aryl methyl sites for hydroxylation is 1. The van der Waals surface area contributed by atoms with E-state index in [9.17, 15) is 8.42 Å². The molecule has 5 heteroatoms. The molecule has 1 rings (SSSR count). The molecule has 0 unspecified atom stereocenters. The van der Waals surface area contributed by atoms with Gasteiger partial charge in [-0.05, 0) is 19.1 Å². The first kappa shape index (κ1) is 12.6. The van der Waals surface area contributed by atoms with Gasteiger partial charge in [0.05, 0.1) is 4.90 Å². The van der Waals surface area contributed by atoms with Crippen molar-refractivity contribution >= 4 is 55.6 Å². The number of rotatable bonds is 1. The van der Waals surface area contributed by atoms with Gasteiger partial charge in [0.2, 0.25) is 0 Å². The SMILES string of the molecule is Cc1ccc(S(=O)(=O)O)cc1.[H-].[H-].[Sr+2]. The van der Waals surface area contributed by atoms with Crippen LogP contribution in [0.3, 0.4) is 0 Å². The summed E-state index contributed by atoms with van der Waals surface area (Å²) in [6.07, 6.45) is 0. The van der Waals surface area contributed by atoms with Crippen LogP contribution in [0.15, 0.2) is 29.2 Å². The van der Waals surface area contributed by atoms with Crippen LogP contribution in [0.5, 0.6) is 0 Å². The number of hydrogen-bond acceptors (Lipinski definition) is 2. The predicted molar refractivity (Wildman–Crippen MR) is 49.0 cm³/mol. The first-order valence-corrected chi connectivity index (χ1v) is 4.48. The van der Waals surface area contributed by atoms with Crippen LogP contribution in [0.25, 0.3) is 0 Å². The van der Waals surface area contributed by atoms with E-state index in [4.69, 9.17) is 4.55 Å². The van der Waals surface area contributed by atoms with Crippen LogP contribution in [0.1, 0.15) is 8.42 Å². The molecular weight excluding hydrogens is 252 g/mol. The van der Waals surface area contributed by atoms with Gasteiger partial charge in [0.15, 0.2) is 0 Å². The Balaban J connectivity index is -0.000000403. The van der Waals surface area contributed by atoms with E-state index in [-0.39, 0.29) is 53.2 Å². The fourth-order valence-corrected chi connectivity index (χ4v) is 1.19. The quantitative estimate of drug-likeness (QED) is 0.608. The summed E-state index contributed by atoms with van der Waals surface area (Å²) in [4.78, 5) is -0.0666. The van der Waals surface area contributed by atoms with E-state index in [2.05, 4.69) is 0 Å². The summed E-state index contributed by atoms with van der Waals surface area (Å²) < 4.78 is 29.6. The van der Waals surface area contributed by atoms with Crippen molar-refractivity contribution in [1.29, 1.82) is 0 Å². The summed E-state index contributed by atoms with van der Waals surface area (Å²) >= 11 is 0. The molecule has 0 radical (unpaired) electrons. The molecule has 1 aromatic rings. The normalized spacial score (nSPS) is 10.5. The molecule has 0 atom stereocenters. The third-order valence-corrected chi connectivity index (χ3v) is 2.19. The zero-order valence-corrected chi connectivity index (χ0v) is 11.0. The van der Waals surface area contributed by atoms with Crippen LogP contribution in [0.4, 0.5) is 0 Å². The summed E-state index contributed by atoms with van der Waals surface area (Å²) in [6.45, 7) is 1.84. The molecule has 0 amide bonds. The molecule has 0 fully saturated rings. The molecule has 0 aliphatic heterocycles. The zero-order valence-electron chi connectivity index (χ0n) is 8.69. The van der Waals surface area contributed by atoms with Gasteiger partial charge >= 0.3 is 45.5 Å². The van der Waals surface area contributed by atoms with E-state index in [1.165, 1.54) is 12.1 Å². The molecule has 0 saturated carbocycles. The first-order chi connectivity index (χ1) is 5.00. The molecule has 0 aliphatic carbocycles. The van der Waals surface area contributed by atoms with Crippen LogP contribution < -0.4 is 0 Å². The molecule has 3 nitrogen and oxygen atoms in total. The second-order valence-corrected chi connectivity index (χ2v) is 3.71. The maximum absolute atomic E-state index is 10.5. The Bertz CT molecular complexity index is 350. The van der Waals surface area contributed by atoms with Gasteiger partial charge < -0.3 is 2.85 Å². The fraction of sp³-hybridized carbons (Fsp3) is 0.143. The van der Waals surface area contributed by atoms with Crippen molar-refractivity contribution in [1.82, 2.24) is 0 Å². The molecule has 0 saturated heterocycles. The van der Waals surface area contributed by atoms with E-state index in [1.807, 2.05) is 6.92 Å². The second kappa shape index (κ2) is 4.74. The van der Waals surface area contributed by atoms with Crippen LogP contribution in [0, 0.1) is 6.92 Å². The largest absolute Gasteiger partial charge is 2.00 e. The Morgan fingerprint density at radius 3 is 2.00 bits per heavy atom. The summed E-state index contributed by atoms with van der Waals surface area (Å²) in [7, 11) is -4.02. The molecular formula is C7H10O3SSr. The van der Waals surface area contributed by atoms with Crippen molar-refractivity contribution in [3.05, 3.63) is 29.8 Å². The van der Waals surface area contributed by atoms with Crippen LogP contribution in [0.2, 0.25) is 0 Å². The van der Waals surface area contributed by atoms with Gasteiger partial charge in [-0.15, -0.1) is 0 Å². The average molecular weight is 262 g/mol. The Labute approximate surface area is 112 Å². The number of hydrogen-bond donors (Lipinski definition) is 1. The van der Waals surface area contributed by atoms with Crippen LogP contribution >= 0.6 is 0 Å². The molecule has 0 bridgehead atoms. The van der Waals surface area contributed by atoms with Crippen molar-refractivity contribution < 1.29 is 15.8 Å². The van der Waals surface area contributed by atoms with Gasteiger partial charge in [0.1, 0.15) is 0 Å². The van der Waals surface area contributed by atoms with Crippen molar-refractivity contribution in [2.24, 2.45) is 0 Å². The van der Waals surface area contributed by atoms with Crippen molar-refractivity contribution in [3.63, 3.8) is 0 Å². The van der Waals surface area contributed by atoms with Crippen molar-refractivity contribution in [3.8, 4) is 0 Å². The topological polar surface area (TPSA) is 54.4 Å². The maximum atomic E-state index is 10.5. The van der Waals surface area contributed by atoms with Gasteiger partial charge in [-0.2, -0.15) is 8.42 Å². The minimum Gasteiger partial charge on any atom is -1.00 e. The van der Waals surface area contributed by atoms with Gasteiger partial charge in [-0.1, -0.05) is 17.7 Å². The standard InChI is InChI=1S/C7H8O3S.Sr.2H/c1-6-2-4-7(5-3-6)11(8,9)10;;;/h2-5H,1H3,(H,8,9,10);;;/q;+2;2*-1. The average Bonchev–Trinajstić information content (AvgIpc) is 1.86. The third-order valence-electron chi connectivity index (χ3n) is 1.32. The van der Waals surface area contributed by atoms with E-state index >= 15 is 0 Å². The smallest absolute Gasteiger partial charge is 1.00 e. The number of benzene rings is 1. The zero-order chi connectivity index (χ0) is 8.48. The molecule has 1 aromatic carbocycles. The molecule has 0 heterocycles. The van der Waals surface area contributed by atoms with E-state index in [0.717, 1.165) is 5.56 Å². The van der Waals surface area contributed by atoms with Crippen LogP contribution in [-0.4, -0.2) is 58.5 Å². The summed E-state index contributed by atoms with van der Waals surface area (Å²) in [5.41, 5.74) is 0.956. The second-order valence-electron chi connectivity index (χ2n) is 2.29. The molecule has 0 aliphatic rings. The van der Waals surface area contributed by atoms with Crippen LogP contribution in [-0.2, 0) is 10.1 Å². The molecule has 64 valence electrons. The summed E-state index contributed by atoms with van der Waals surface area (Å²) in [5, 5.41) is 0. The Kier molecular flexibility index (Phi) is 4.98. The fourth-order valence-electron chi connectivity index (χ4n) is 0.710. The predicted octanol–water partition coefficient (Wildman–Crippen LogP) is 1.09. The first-order valence-electron chi connectivity index (χ1n) is 3.04. The Morgan fingerprint density at radius 1 is 1.25 bits per heavy atom. The van der Waals surface area contributed by atoms with Gasteiger partial charge in [-0.25, -0.2) is 0 Å². The molecule has 12 heavy (non-hydrogen) atoms. The minimum absolute atomic E-state index is 0. The van der Waals surface area contributed by atoms with Gasteiger partial charge in [0, 0.05) is 0 Å². The van der Waals surface area contributed by atoms with Crippen molar-refractivity contribution in [2.75, 3.05) is 0 Å². The maximum Gasteiger partial charge on any atom is 2.00 e. The van der Waals surface area contributed by atoms with E-state index in [1.54, 1.807) is 12.1 Å². The summed E-state index contributed by atoms with van der Waals surface area (Å²) in [5.74, 6) is 0. The Morgan fingerprint density at radius 2 is 1.67 bits per heavy atom. The summed E-state index contributed by atoms with van der Waals surface area (Å²) in [6, 6.07) is 5.99. The van der Waals surface area contributed by atoms with Gasteiger partial charge in [0.25, 0.3) is 10.1 Å².